The molecule has 1 aromatic carbocycles. The van der Waals surface area contributed by atoms with Gasteiger partial charge in [-0.15, -0.1) is 5.10 Å². The highest BCUT2D eigenvalue weighted by Gasteiger charge is 2.38. The SMILES string of the molecule is Cc1cccc(Cl)c1N(C(=O)c1csnn1)C1CCOC1=O. The fraction of sp³-hybridized carbons (Fsp3) is 0.286. The quantitative estimate of drug-likeness (QED) is 0.804. The second kappa shape index (κ2) is 6.02. The number of halogens is 1. The van der Waals surface area contributed by atoms with E-state index in [4.69, 9.17) is 16.3 Å². The van der Waals surface area contributed by atoms with Gasteiger partial charge in [0.15, 0.2) is 5.69 Å². The number of benzene rings is 1. The average Bonchev–Trinajstić information content (AvgIpc) is 3.14. The smallest absolute Gasteiger partial charge is 0.329 e. The Bertz CT molecular complexity index is 700. The van der Waals surface area contributed by atoms with Gasteiger partial charge in [0.2, 0.25) is 0 Å². The number of hydrogen-bond acceptors (Lipinski definition) is 6. The summed E-state index contributed by atoms with van der Waals surface area (Å²) in [6, 6.07) is 4.61. The number of esters is 1. The summed E-state index contributed by atoms with van der Waals surface area (Å²) in [4.78, 5) is 26.2. The Morgan fingerprint density at radius 1 is 1.50 bits per heavy atom. The van der Waals surface area contributed by atoms with Crippen LogP contribution >= 0.6 is 23.1 Å². The maximum absolute atomic E-state index is 12.8. The Kier molecular flexibility index (Phi) is 4.08. The summed E-state index contributed by atoms with van der Waals surface area (Å²) >= 11 is 7.35. The summed E-state index contributed by atoms with van der Waals surface area (Å²) < 4.78 is 8.71. The van der Waals surface area contributed by atoms with Crippen molar-refractivity contribution in [1.29, 1.82) is 0 Å². The molecule has 0 bridgehead atoms. The fourth-order valence-electron chi connectivity index (χ4n) is 2.43. The Balaban J connectivity index is 2.11. The highest BCUT2D eigenvalue weighted by molar-refractivity contribution is 7.03. The van der Waals surface area contributed by atoms with Gasteiger partial charge in [-0.1, -0.05) is 28.2 Å². The Labute approximate surface area is 135 Å². The molecule has 3 rings (SSSR count). The minimum atomic E-state index is -0.701. The van der Waals surface area contributed by atoms with E-state index in [9.17, 15) is 9.59 Å². The molecule has 2 heterocycles. The number of rotatable bonds is 3. The molecular formula is C14H12ClN3O3S. The number of aromatic nitrogens is 2. The number of para-hydroxylation sites is 1. The summed E-state index contributed by atoms with van der Waals surface area (Å²) in [6.45, 7) is 2.12. The average molecular weight is 338 g/mol. The van der Waals surface area contributed by atoms with Crippen LogP contribution in [0, 0.1) is 6.92 Å². The van der Waals surface area contributed by atoms with Gasteiger partial charge in [-0.3, -0.25) is 9.69 Å². The first kappa shape index (κ1) is 14.9. The number of carbonyl (C=O) groups is 2. The molecule has 114 valence electrons. The van der Waals surface area contributed by atoms with Crippen LogP contribution in [0.4, 0.5) is 5.69 Å². The van der Waals surface area contributed by atoms with Crippen LogP contribution < -0.4 is 4.90 Å². The maximum Gasteiger partial charge on any atom is 0.329 e. The van der Waals surface area contributed by atoms with E-state index in [1.807, 2.05) is 13.0 Å². The largest absolute Gasteiger partial charge is 0.464 e. The minimum Gasteiger partial charge on any atom is -0.464 e. The van der Waals surface area contributed by atoms with Crippen molar-refractivity contribution in [2.24, 2.45) is 0 Å². The number of carbonyl (C=O) groups excluding carboxylic acids is 2. The third kappa shape index (κ3) is 2.57. The maximum atomic E-state index is 12.8. The van der Waals surface area contributed by atoms with Crippen LogP contribution in [0.1, 0.15) is 22.5 Å². The topological polar surface area (TPSA) is 72.4 Å². The molecular weight excluding hydrogens is 326 g/mol. The Morgan fingerprint density at radius 3 is 2.91 bits per heavy atom. The van der Waals surface area contributed by atoms with E-state index in [1.165, 1.54) is 4.90 Å². The predicted octanol–water partition coefficient (Wildman–Crippen LogP) is 2.46. The molecule has 1 unspecified atom stereocenters. The summed E-state index contributed by atoms with van der Waals surface area (Å²) in [5, 5.41) is 5.74. The van der Waals surface area contributed by atoms with Crippen molar-refractivity contribution >= 4 is 40.7 Å². The predicted molar refractivity (Wildman–Crippen MR) is 82.3 cm³/mol. The van der Waals surface area contributed by atoms with Crippen LogP contribution in [-0.4, -0.2) is 34.1 Å². The molecule has 22 heavy (non-hydrogen) atoms. The standard InChI is InChI=1S/C14H12ClN3O3S/c1-8-3-2-4-9(15)12(8)18(11-5-6-21-14(11)20)13(19)10-7-22-17-16-10/h2-4,7,11H,5-6H2,1H3. The molecule has 0 radical (unpaired) electrons. The number of aryl methyl sites for hydroxylation is 1. The van der Waals surface area contributed by atoms with Gasteiger partial charge in [-0.2, -0.15) is 0 Å². The van der Waals surface area contributed by atoms with Crippen LogP contribution in [-0.2, 0) is 9.53 Å². The summed E-state index contributed by atoms with van der Waals surface area (Å²) in [7, 11) is 0. The van der Waals surface area contributed by atoms with E-state index >= 15 is 0 Å². The van der Waals surface area contributed by atoms with Crippen LogP contribution in [0.25, 0.3) is 0 Å². The van der Waals surface area contributed by atoms with Gasteiger partial charge in [0.1, 0.15) is 6.04 Å². The van der Waals surface area contributed by atoms with Gasteiger partial charge in [0, 0.05) is 11.8 Å². The van der Waals surface area contributed by atoms with Crippen LogP contribution in [0.3, 0.4) is 0 Å². The van der Waals surface area contributed by atoms with Crippen molar-refractivity contribution < 1.29 is 14.3 Å². The zero-order chi connectivity index (χ0) is 15.7. The van der Waals surface area contributed by atoms with Crippen molar-refractivity contribution in [2.75, 3.05) is 11.5 Å². The first-order valence-electron chi connectivity index (χ1n) is 6.62. The monoisotopic (exact) mass is 337 g/mol. The molecule has 0 saturated carbocycles. The third-order valence-corrected chi connectivity index (χ3v) is 4.26. The van der Waals surface area contributed by atoms with E-state index in [0.29, 0.717) is 17.1 Å². The molecule has 1 aromatic heterocycles. The molecule has 1 amide bonds. The number of ether oxygens (including phenoxy) is 1. The third-order valence-electron chi connectivity index (χ3n) is 3.45. The van der Waals surface area contributed by atoms with E-state index < -0.39 is 17.9 Å². The van der Waals surface area contributed by atoms with Crippen molar-refractivity contribution in [1.82, 2.24) is 9.59 Å². The zero-order valence-electron chi connectivity index (χ0n) is 11.7. The van der Waals surface area contributed by atoms with E-state index in [0.717, 1.165) is 17.1 Å². The molecule has 0 aliphatic carbocycles. The van der Waals surface area contributed by atoms with Crippen LogP contribution in [0.5, 0.6) is 0 Å². The molecule has 8 heteroatoms. The summed E-state index contributed by atoms with van der Waals surface area (Å²) in [5.74, 6) is -0.843. The lowest BCUT2D eigenvalue weighted by molar-refractivity contribution is -0.139. The molecule has 1 atom stereocenters. The number of amides is 1. The number of hydrogen-bond donors (Lipinski definition) is 0. The van der Waals surface area contributed by atoms with Crippen molar-refractivity contribution in [3.05, 3.63) is 39.9 Å². The van der Waals surface area contributed by atoms with Crippen molar-refractivity contribution in [2.45, 2.75) is 19.4 Å². The van der Waals surface area contributed by atoms with Gasteiger partial charge in [0.05, 0.1) is 17.3 Å². The lowest BCUT2D eigenvalue weighted by Gasteiger charge is -2.28. The Hall–Kier alpha value is -1.99. The molecule has 1 saturated heterocycles. The second-order valence-electron chi connectivity index (χ2n) is 4.84. The van der Waals surface area contributed by atoms with Crippen LogP contribution in [0.2, 0.25) is 5.02 Å². The van der Waals surface area contributed by atoms with Crippen molar-refractivity contribution in [3.8, 4) is 0 Å². The first-order chi connectivity index (χ1) is 10.6. The van der Waals surface area contributed by atoms with Gasteiger partial charge in [-0.05, 0) is 30.1 Å². The highest BCUT2D eigenvalue weighted by atomic mass is 35.5. The molecule has 0 N–H and O–H groups in total. The molecule has 0 spiro atoms. The number of cyclic esters (lactones) is 1. The zero-order valence-corrected chi connectivity index (χ0v) is 13.2. The van der Waals surface area contributed by atoms with Gasteiger partial charge >= 0.3 is 5.97 Å². The van der Waals surface area contributed by atoms with Gasteiger partial charge in [-0.25, -0.2) is 4.79 Å². The lowest BCUT2D eigenvalue weighted by atomic mass is 10.1. The highest BCUT2D eigenvalue weighted by Crippen LogP contribution is 2.34. The van der Waals surface area contributed by atoms with Gasteiger partial charge in [0.25, 0.3) is 5.91 Å². The fourth-order valence-corrected chi connectivity index (χ4v) is 3.17. The first-order valence-corrected chi connectivity index (χ1v) is 7.83. The lowest BCUT2D eigenvalue weighted by Crippen LogP contribution is -2.44. The molecule has 6 nitrogen and oxygen atoms in total. The molecule has 2 aromatic rings. The number of anilines is 1. The van der Waals surface area contributed by atoms with E-state index in [2.05, 4.69) is 9.59 Å². The van der Waals surface area contributed by atoms with E-state index in [1.54, 1.807) is 17.5 Å². The normalized spacial score (nSPS) is 17.4. The summed E-state index contributed by atoms with van der Waals surface area (Å²) in [5.41, 5.74) is 1.48. The summed E-state index contributed by atoms with van der Waals surface area (Å²) in [6.07, 6.45) is 0.423. The Morgan fingerprint density at radius 2 is 2.32 bits per heavy atom. The van der Waals surface area contributed by atoms with Crippen molar-refractivity contribution in [3.63, 3.8) is 0 Å². The van der Waals surface area contributed by atoms with Gasteiger partial charge < -0.3 is 4.74 Å². The van der Waals surface area contributed by atoms with Crippen LogP contribution in [0.15, 0.2) is 23.6 Å². The minimum absolute atomic E-state index is 0.184. The van der Waals surface area contributed by atoms with E-state index in [-0.39, 0.29) is 12.3 Å². The molecule has 1 fully saturated rings. The molecule has 1 aliphatic rings. The second-order valence-corrected chi connectivity index (χ2v) is 5.86. The number of nitrogens with zero attached hydrogens (tertiary/aromatic N) is 3. The molecule has 1 aliphatic heterocycles.